The second-order valence-electron chi connectivity index (χ2n) is 2.63. The molecule has 1 nitrogen and oxygen atoms in total. The lowest BCUT2D eigenvalue weighted by atomic mass is 10.4. The van der Waals surface area contributed by atoms with Crippen LogP contribution in [0.3, 0.4) is 0 Å². The van der Waals surface area contributed by atoms with Crippen LogP contribution in [0.1, 0.15) is 26.7 Å². The Bertz CT molecular complexity index is 132. The molecule has 0 spiro atoms. The maximum absolute atomic E-state index is 9.11. The van der Waals surface area contributed by atoms with E-state index in [9.17, 15) is 0 Å². The molecule has 0 aliphatic heterocycles. The molecule has 12 heavy (non-hydrogen) atoms. The van der Waals surface area contributed by atoms with Crippen LogP contribution in [0, 0.1) is 0 Å². The van der Waals surface area contributed by atoms with Gasteiger partial charge in [0.15, 0.2) is 0 Å². The molecule has 0 radical (unpaired) electrons. The van der Waals surface area contributed by atoms with Crippen LogP contribution in [0.2, 0.25) is 0 Å². The molecule has 0 saturated carbocycles. The predicted molar refractivity (Wildman–Crippen MR) is 60.6 cm³/mol. The summed E-state index contributed by atoms with van der Waals surface area (Å²) in [6, 6.07) is 0. The number of unbranched alkanes of at least 4 members (excludes halogenated alkanes) is 1. The van der Waals surface area contributed by atoms with Crippen molar-refractivity contribution in [3.8, 4) is 0 Å². The fourth-order valence-corrected chi connectivity index (χ4v) is 2.67. The summed E-state index contributed by atoms with van der Waals surface area (Å²) in [6.45, 7) is 3.98. The highest BCUT2D eigenvalue weighted by Gasteiger charge is 1.97. The maximum atomic E-state index is 9.11. The topological polar surface area (TPSA) is 20.2 Å². The Morgan fingerprint density at radius 1 is 1.58 bits per heavy atom. The first-order valence-electron chi connectivity index (χ1n) is 4.27. The van der Waals surface area contributed by atoms with Crippen LogP contribution in [0.5, 0.6) is 0 Å². The first-order valence-corrected chi connectivity index (χ1v) is 6.48. The minimum Gasteiger partial charge on any atom is -0.389 e. The summed E-state index contributed by atoms with van der Waals surface area (Å²) in [4.78, 5) is 0. The van der Waals surface area contributed by atoms with Gasteiger partial charge >= 0.3 is 0 Å². The highest BCUT2D eigenvalue weighted by molar-refractivity contribution is 8.21. The molecule has 3 heteroatoms. The number of hydrogen-bond donors (Lipinski definition) is 1. The molecule has 0 saturated heterocycles. The summed E-state index contributed by atoms with van der Waals surface area (Å²) in [5.41, 5.74) is 0. The first kappa shape index (κ1) is 12.4. The molecule has 72 valence electrons. The fourth-order valence-electron chi connectivity index (χ4n) is 0.689. The highest BCUT2D eigenvalue weighted by Crippen LogP contribution is 2.27. The highest BCUT2D eigenvalue weighted by atomic mass is 32.2. The van der Waals surface area contributed by atoms with Gasteiger partial charge in [-0.25, -0.2) is 0 Å². The molecule has 0 aromatic carbocycles. The van der Waals surface area contributed by atoms with Gasteiger partial charge < -0.3 is 5.11 Å². The smallest absolute Gasteiger partial charge is 0.0711 e. The van der Waals surface area contributed by atoms with E-state index in [1.165, 1.54) is 17.1 Å². The number of aliphatic hydroxyl groups excluding tert-OH is 1. The normalized spacial score (nSPS) is 14.8. The minimum atomic E-state index is -0.318. The van der Waals surface area contributed by atoms with Crippen LogP contribution in [-0.2, 0) is 0 Å². The molecule has 0 amide bonds. The van der Waals surface area contributed by atoms with Crippen molar-refractivity contribution >= 4 is 23.5 Å². The molecule has 1 N–H and O–H groups in total. The van der Waals surface area contributed by atoms with Gasteiger partial charge in [0.05, 0.1) is 6.10 Å². The average Bonchev–Trinajstić information content (AvgIpc) is 2.02. The van der Waals surface area contributed by atoms with Crippen LogP contribution < -0.4 is 0 Å². The third kappa shape index (κ3) is 7.07. The summed E-state index contributed by atoms with van der Waals surface area (Å²) in [6.07, 6.45) is 6.13. The molecule has 0 aromatic heterocycles. The third-order valence-corrected chi connectivity index (χ3v) is 3.63. The molecule has 0 aliphatic rings. The molecule has 1 atom stereocenters. The van der Waals surface area contributed by atoms with Crippen molar-refractivity contribution in [1.29, 1.82) is 0 Å². The zero-order valence-electron chi connectivity index (χ0n) is 8.04. The van der Waals surface area contributed by atoms with Crippen LogP contribution in [0.25, 0.3) is 0 Å². The number of hydrogen-bond acceptors (Lipinski definition) is 3. The van der Waals surface area contributed by atoms with Crippen molar-refractivity contribution in [3.05, 3.63) is 10.3 Å². The standard InChI is InChI=1S/C9H18OS2/c1-4-5-6-12-9(11-3)7-8(2)10/h7-8,10H,4-6H2,1-3H3/b9-7+. The third-order valence-electron chi connectivity index (χ3n) is 1.32. The monoisotopic (exact) mass is 206 g/mol. The number of thioether (sulfide) groups is 2. The van der Waals surface area contributed by atoms with Gasteiger partial charge in [0, 0.05) is 4.24 Å². The van der Waals surface area contributed by atoms with E-state index in [4.69, 9.17) is 5.11 Å². The SMILES string of the molecule is CCCCS/C(=C/C(C)O)SC. The van der Waals surface area contributed by atoms with E-state index in [-0.39, 0.29) is 6.10 Å². The molecule has 0 bridgehead atoms. The van der Waals surface area contributed by atoms with Crippen molar-refractivity contribution in [1.82, 2.24) is 0 Å². The van der Waals surface area contributed by atoms with Gasteiger partial charge in [0.1, 0.15) is 0 Å². The molecule has 0 aromatic rings. The molecule has 0 aliphatic carbocycles. The van der Waals surface area contributed by atoms with E-state index in [0.29, 0.717) is 0 Å². The summed E-state index contributed by atoms with van der Waals surface area (Å²) in [7, 11) is 0. The van der Waals surface area contributed by atoms with Gasteiger partial charge in [0.2, 0.25) is 0 Å². The Morgan fingerprint density at radius 3 is 2.67 bits per heavy atom. The molecule has 1 unspecified atom stereocenters. The molecule has 0 rings (SSSR count). The minimum absolute atomic E-state index is 0.318. The molecule has 0 fully saturated rings. The van der Waals surface area contributed by atoms with E-state index in [2.05, 4.69) is 6.92 Å². The predicted octanol–water partition coefficient (Wildman–Crippen LogP) is 3.10. The van der Waals surface area contributed by atoms with Crippen molar-refractivity contribution < 1.29 is 5.11 Å². The number of aliphatic hydroxyl groups is 1. The van der Waals surface area contributed by atoms with Crippen LogP contribution >= 0.6 is 23.5 Å². The van der Waals surface area contributed by atoms with Crippen molar-refractivity contribution in [2.45, 2.75) is 32.8 Å². The number of rotatable bonds is 6. The largest absolute Gasteiger partial charge is 0.389 e. The lowest BCUT2D eigenvalue weighted by Gasteiger charge is -2.04. The van der Waals surface area contributed by atoms with E-state index < -0.39 is 0 Å². The van der Waals surface area contributed by atoms with E-state index in [0.717, 1.165) is 5.75 Å². The van der Waals surface area contributed by atoms with Gasteiger partial charge in [-0.1, -0.05) is 13.3 Å². The van der Waals surface area contributed by atoms with Crippen molar-refractivity contribution in [2.75, 3.05) is 12.0 Å². The quantitative estimate of drug-likeness (QED) is 0.674. The first-order chi connectivity index (χ1) is 5.70. The second-order valence-corrected chi connectivity index (χ2v) is 4.88. The summed E-state index contributed by atoms with van der Waals surface area (Å²) in [5, 5.41) is 9.11. The van der Waals surface area contributed by atoms with Crippen LogP contribution in [0.15, 0.2) is 10.3 Å². The van der Waals surface area contributed by atoms with Crippen LogP contribution in [0.4, 0.5) is 0 Å². The molecule has 0 heterocycles. The van der Waals surface area contributed by atoms with Crippen molar-refractivity contribution in [3.63, 3.8) is 0 Å². The summed E-state index contributed by atoms with van der Waals surface area (Å²) < 4.78 is 1.23. The Balaban J connectivity index is 3.67. The van der Waals surface area contributed by atoms with E-state index in [1.54, 1.807) is 18.7 Å². The Morgan fingerprint density at radius 2 is 2.25 bits per heavy atom. The Kier molecular flexibility index (Phi) is 8.29. The van der Waals surface area contributed by atoms with Gasteiger partial charge in [-0.2, -0.15) is 0 Å². The van der Waals surface area contributed by atoms with Gasteiger partial charge in [-0.3, -0.25) is 0 Å². The second kappa shape index (κ2) is 8.02. The van der Waals surface area contributed by atoms with Crippen LogP contribution in [-0.4, -0.2) is 23.2 Å². The average molecular weight is 206 g/mol. The lowest BCUT2D eigenvalue weighted by molar-refractivity contribution is 0.244. The molecular formula is C9H18OS2. The summed E-state index contributed by atoms with van der Waals surface area (Å²) >= 11 is 3.55. The van der Waals surface area contributed by atoms with Gasteiger partial charge in [-0.15, -0.1) is 23.5 Å². The maximum Gasteiger partial charge on any atom is 0.0711 e. The Labute approximate surface area is 84.0 Å². The lowest BCUT2D eigenvalue weighted by Crippen LogP contribution is -1.93. The fraction of sp³-hybridized carbons (Fsp3) is 0.778. The van der Waals surface area contributed by atoms with E-state index in [1.807, 2.05) is 24.1 Å². The summed E-state index contributed by atoms with van der Waals surface area (Å²) in [5.74, 6) is 1.16. The van der Waals surface area contributed by atoms with Gasteiger partial charge in [0.25, 0.3) is 0 Å². The van der Waals surface area contributed by atoms with Crippen molar-refractivity contribution in [2.24, 2.45) is 0 Å². The Hall–Kier alpha value is 0.400. The zero-order chi connectivity index (χ0) is 9.40. The van der Waals surface area contributed by atoms with E-state index >= 15 is 0 Å². The molecular weight excluding hydrogens is 188 g/mol. The zero-order valence-corrected chi connectivity index (χ0v) is 9.67. The van der Waals surface area contributed by atoms with Gasteiger partial charge in [-0.05, 0) is 31.4 Å².